The summed E-state index contributed by atoms with van der Waals surface area (Å²) in [5.74, 6) is 0.602. The van der Waals surface area contributed by atoms with Gasteiger partial charge in [-0.05, 0) is 42.0 Å². The zero-order valence-electron chi connectivity index (χ0n) is 15.3. The van der Waals surface area contributed by atoms with Gasteiger partial charge in [0.1, 0.15) is 5.75 Å². The molecule has 3 aromatic carbocycles. The largest absolute Gasteiger partial charge is 0.463 e. The van der Waals surface area contributed by atoms with E-state index in [-0.39, 0.29) is 6.04 Å². The molecule has 0 unspecified atom stereocenters. The molecule has 2 heterocycles. The van der Waals surface area contributed by atoms with Crippen LogP contribution in [0, 0.1) is 0 Å². The standard InChI is InChI=1S/C22H13BrCl4N2O/c23-12-3-1-11(2-4-12)19-10-20-16-7-14(25)9-18(27)21(16)30-22(29(20)28-19)15-6-5-13(24)8-17(15)26/h1-9,20,22H,10H2/t20-,22-/m1/s1. The molecular formula is C22H13BrCl4N2O. The highest BCUT2D eigenvalue weighted by Gasteiger charge is 2.42. The normalized spacial score (nSPS) is 19.8. The summed E-state index contributed by atoms with van der Waals surface area (Å²) < 4.78 is 7.35. The quantitative estimate of drug-likeness (QED) is 0.325. The van der Waals surface area contributed by atoms with Crippen molar-refractivity contribution in [2.75, 3.05) is 0 Å². The number of rotatable bonds is 2. The topological polar surface area (TPSA) is 24.8 Å². The maximum Gasteiger partial charge on any atom is 0.215 e. The second kappa shape index (κ2) is 7.92. The molecule has 0 fully saturated rings. The fourth-order valence-electron chi connectivity index (χ4n) is 3.84. The van der Waals surface area contributed by atoms with Crippen LogP contribution in [0.5, 0.6) is 5.75 Å². The lowest BCUT2D eigenvalue weighted by molar-refractivity contribution is -0.0188. The van der Waals surface area contributed by atoms with E-state index in [1.54, 1.807) is 18.2 Å². The maximum atomic E-state index is 6.52. The van der Waals surface area contributed by atoms with Gasteiger partial charge in [0.05, 0.1) is 21.8 Å². The lowest BCUT2D eigenvalue weighted by Gasteiger charge is -2.39. The molecule has 0 aromatic heterocycles. The van der Waals surface area contributed by atoms with Gasteiger partial charge in [-0.15, -0.1) is 0 Å². The van der Waals surface area contributed by atoms with E-state index in [9.17, 15) is 0 Å². The summed E-state index contributed by atoms with van der Waals surface area (Å²) in [6.07, 6.45) is 0.148. The van der Waals surface area contributed by atoms with E-state index >= 15 is 0 Å². The molecule has 0 radical (unpaired) electrons. The lowest BCUT2D eigenvalue weighted by atomic mass is 9.96. The number of hydrogen-bond donors (Lipinski definition) is 0. The van der Waals surface area contributed by atoms with Crippen LogP contribution in [-0.4, -0.2) is 10.7 Å². The van der Waals surface area contributed by atoms with E-state index in [2.05, 4.69) is 15.9 Å². The molecule has 8 heteroatoms. The fourth-order valence-corrected chi connectivity index (χ4v) is 5.16. The average molecular weight is 543 g/mol. The van der Waals surface area contributed by atoms with Crippen LogP contribution in [0.3, 0.4) is 0 Å². The van der Waals surface area contributed by atoms with Crippen LogP contribution in [0.1, 0.15) is 35.4 Å². The first kappa shape index (κ1) is 20.5. The molecule has 2 atom stereocenters. The van der Waals surface area contributed by atoms with E-state index in [1.165, 1.54) is 0 Å². The first-order chi connectivity index (χ1) is 14.4. The van der Waals surface area contributed by atoms with Crippen molar-refractivity contribution in [1.82, 2.24) is 5.01 Å². The Morgan fingerprint density at radius 3 is 2.33 bits per heavy atom. The molecule has 0 bridgehead atoms. The molecule has 152 valence electrons. The molecule has 3 aromatic rings. The Balaban J connectivity index is 1.64. The smallest absolute Gasteiger partial charge is 0.215 e. The van der Waals surface area contributed by atoms with Gasteiger partial charge in [0.2, 0.25) is 6.23 Å². The summed E-state index contributed by atoms with van der Waals surface area (Å²) in [6.45, 7) is 0. The van der Waals surface area contributed by atoms with Crippen molar-refractivity contribution < 1.29 is 4.74 Å². The molecule has 0 amide bonds. The Kier molecular flexibility index (Phi) is 5.41. The van der Waals surface area contributed by atoms with E-state index < -0.39 is 6.23 Å². The third kappa shape index (κ3) is 3.59. The Hall–Kier alpha value is -1.43. The molecule has 0 aliphatic carbocycles. The molecule has 0 spiro atoms. The van der Waals surface area contributed by atoms with Gasteiger partial charge in [-0.2, -0.15) is 5.10 Å². The second-order valence-electron chi connectivity index (χ2n) is 7.10. The Morgan fingerprint density at radius 2 is 1.60 bits per heavy atom. The van der Waals surface area contributed by atoms with Crippen molar-refractivity contribution in [2.24, 2.45) is 5.10 Å². The van der Waals surface area contributed by atoms with Gasteiger partial charge in [0.25, 0.3) is 0 Å². The zero-order chi connectivity index (χ0) is 21.0. The van der Waals surface area contributed by atoms with E-state index in [0.29, 0.717) is 32.3 Å². The van der Waals surface area contributed by atoms with Crippen molar-refractivity contribution in [3.63, 3.8) is 0 Å². The van der Waals surface area contributed by atoms with Gasteiger partial charge in [-0.1, -0.05) is 80.5 Å². The number of nitrogens with zero attached hydrogens (tertiary/aromatic N) is 2. The number of halogens is 5. The van der Waals surface area contributed by atoms with Crippen molar-refractivity contribution >= 4 is 68.0 Å². The minimum absolute atomic E-state index is 0.0830. The summed E-state index contributed by atoms with van der Waals surface area (Å²) in [5.41, 5.74) is 3.67. The third-order valence-electron chi connectivity index (χ3n) is 5.21. The molecule has 30 heavy (non-hydrogen) atoms. The van der Waals surface area contributed by atoms with Crippen LogP contribution in [0.4, 0.5) is 0 Å². The van der Waals surface area contributed by atoms with Crippen LogP contribution in [0.15, 0.2) is 64.2 Å². The predicted octanol–water partition coefficient (Wildman–Crippen LogP) is 8.31. The van der Waals surface area contributed by atoms with Gasteiger partial charge in [-0.3, -0.25) is 0 Å². The Bertz CT molecular complexity index is 1180. The molecule has 0 N–H and O–H groups in total. The van der Waals surface area contributed by atoms with Crippen LogP contribution >= 0.6 is 62.3 Å². The van der Waals surface area contributed by atoms with Crippen LogP contribution in [-0.2, 0) is 0 Å². The van der Waals surface area contributed by atoms with Gasteiger partial charge in [-0.25, -0.2) is 5.01 Å². The van der Waals surface area contributed by atoms with Gasteiger partial charge < -0.3 is 4.74 Å². The van der Waals surface area contributed by atoms with E-state index in [4.69, 9.17) is 56.2 Å². The van der Waals surface area contributed by atoms with Crippen molar-refractivity contribution in [3.8, 4) is 5.75 Å². The minimum Gasteiger partial charge on any atom is -0.463 e. The molecule has 2 aliphatic rings. The van der Waals surface area contributed by atoms with Crippen LogP contribution in [0.2, 0.25) is 20.1 Å². The highest BCUT2D eigenvalue weighted by Crippen LogP contribution is 2.51. The van der Waals surface area contributed by atoms with Crippen molar-refractivity contribution in [1.29, 1.82) is 0 Å². The van der Waals surface area contributed by atoms with Gasteiger partial charge in [0, 0.05) is 32.1 Å². The molecule has 3 nitrogen and oxygen atoms in total. The molecule has 2 aliphatic heterocycles. The zero-order valence-corrected chi connectivity index (χ0v) is 19.9. The second-order valence-corrected chi connectivity index (χ2v) is 9.70. The molecule has 0 saturated heterocycles. The van der Waals surface area contributed by atoms with E-state index in [0.717, 1.165) is 26.9 Å². The van der Waals surface area contributed by atoms with Gasteiger partial charge >= 0.3 is 0 Å². The number of fused-ring (bicyclic) bond motifs is 3. The number of hydrogen-bond acceptors (Lipinski definition) is 3. The van der Waals surface area contributed by atoms with Crippen LogP contribution in [0.25, 0.3) is 0 Å². The summed E-state index contributed by atoms with van der Waals surface area (Å²) >= 11 is 28.9. The molecule has 5 rings (SSSR count). The predicted molar refractivity (Wildman–Crippen MR) is 126 cm³/mol. The SMILES string of the molecule is Clc1ccc([C@H]2Oc3c(Cl)cc(Cl)cc3[C@H]3CC(c4ccc(Br)cc4)=NN32)c(Cl)c1. The fraction of sp³-hybridized carbons (Fsp3) is 0.136. The number of ether oxygens (including phenoxy) is 1. The highest BCUT2D eigenvalue weighted by atomic mass is 79.9. The monoisotopic (exact) mass is 540 g/mol. The van der Waals surface area contributed by atoms with E-state index in [1.807, 2.05) is 41.4 Å². The lowest BCUT2D eigenvalue weighted by Crippen LogP contribution is -2.34. The average Bonchev–Trinajstić information content (AvgIpc) is 3.14. The van der Waals surface area contributed by atoms with Crippen molar-refractivity contribution in [3.05, 3.63) is 95.9 Å². The maximum absolute atomic E-state index is 6.52. The molecule has 0 saturated carbocycles. The summed E-state index contributed by atoms with van der Waals surface area (Å²) in [5, 5.41) is 8.94. The van der Waals surface area contributed by atoms with Crippen molar-refractivity contribution in [2.45, 2.75) is 18.7 Å². The minimum atomic E-state index is -0.543. The number of hydrazone groups is 1. The summed E-state index contributed by atoms with van der Waals surface area (Å²) in [7, 11) is 0. The third-order valence-corrected chi connectivity index (χ3v) is 6.80. The first-order valence-electron chi connectivity index (χ1n) is 9.13. The number of benzene rings is 3. The van der Waals surface area contributed by atoms with Gasteiger partial charge in [0.15, 0.2) is 0 Å². The van der Waals surface area contributed by atoms with Crippen LogP contribution < -0.4 is 4.74 Å². The summed E-state index contributed by atoms with van der Waals surface area (Å²) in [4.78, 5) is 0. The summed E-state index contributed by atoms with van der Waals surface area (Å²) in [6, 6.07) is 16.9. The first-order valence-corrected chi connectivity index (χ1v) is 11.4. The Morgan fingerprint density at radius 1 is 0.867 bits per heavy atom. The molecular weight excluding hydrogens is 530 g/mol. The Labute approximate surface area is 202 Å². The highest BCUT2D eigenvalue weighted by molar-refractivity contribution is 9.10.